The zero-order chi connectivity index (χ0) is 24.2. The quantitative estimate of drug-likeness (QED) is 0.450. The maximum Gasteiger partial charge on any atom is 0.410 e. The van der Waals surface area contributed by atoms with Crippen LogP contribution in [-0.2, 0) is 16.2 Å². The summed E-state index contributed by atoms with van der Waals surface area (Å²) in [6.45, 7) is 15.0. The predicted molar refractivity (Wildman–Crippen MR) is 133 cm³/mol. The van der Waals surface area contributed by atoms with Crippen LogP contribution in [0.3, 0.4) is 0 Å². The molecule has 2 aromatic heterocycles. The van der Waals surface area contributed by atoms with Crippen LogP contribution < -0.4 is 5.32 Å². The van der Waals surface area contributed by atoms with Gasteiger partial charge in [-0.1, -0.05) is 19.6 Å². The van der Waals surface area contributed by atoms with Crippen molar-refractivity contribution in [1.29, 1.82) is 5.26 Å². The molecule has 0 saturated carbocycles. The number of pyridine rings is 1. The van der Waals surface area contributed by atoms with E-state index in [1.54, 1.807) is 11.1 Å². The first kappa shape index (κ1) is 25.1. The van der Waals surface area contributed by atoms with Gasteiger partial charge in [0.05, 0.1) is 11.3 Å². The third-order valence-electron chi connectivity index (χ3n) is 5.56. The van der Waals surface area contributed by atoms with Gasteiger partial charge in [-0.3, -0.25) is 0 Å². The van der Waals surface area contributed by atoms with E-state index in [1.807, 2.05) is 37.6 Å². The standard InChI is InChI=1S/C24H37N5O3Si/c1-24(2,3)32-23(30)28-10-7-8-19(16-28)27-21-18(14-25)15-26-22-20(21)9-11-29(22)17-31-12-13-33(4,5)6/h9,11,15,19H,7-8,10,12-13,16-17H2,1-6H3,(H,26,27). The van der Waals surface area contributed by atoms with Crippen LogP contribution in [0.1, 0.15) is 39.2 Å². The molecule has 0 spiro atoms. The van der Waals surface area contributed by atoms with Crippen LogP contribution in [0.15, 0.2) is 18.5 Å². The molecule has 1 saturated heterocycles. The molecule has 1 aliphatic heterocycles. The fourth-order valence-corrected chi connectivity index (χ4v) is 4.57. The highest BCUT2D eigenvalue weighted by Crippen LogP contribution is 2.29. The van der Waals surface area contributed by atoms with Gasteiger partial charge in [0.25, 0.3) is 0 Å². The first-order valence-corrected chi connectivity index (χ1v) is 15.4. The Morgan fingerprint density at radius 1 is 1.36 bits per heavy atom. The lowest BCUT2D eigenvalue weighted by atomic mass is 10.0. The highest BCUT2D eigenvalue weighted by molar-refractivity contribution is 6.76. The molecule has 1 unspecified atom stereocenters. The minimum atomic E-state index is -1.14. The fraction of sp³-hybridized carbons (Fsp3) is 0.625. The summed E-state index contributed by atoms with van der Waals surface area (Å²) in [5, 5.41) is 14.1. The molecule has 3 rings (SSSR count). The van der Waals surface area contributed by atoms with Crippen molar-refractivity contribution in [2.45, 2.75) is 77.7 Å². The number of piperidine rings is 1. The summed E-state index contributed by atoms with van der Waals surface area (Å²) in [6.07, 6.45) is 5.05. The van der Waals surface area contributed by atoms with Gasteiger partial charge in [0.15, 0.2) is 0 Å². The molecular formula is C24H37N5O3Si. The van der Waals surface area contributed by atoms with E-state index in [0.717, 1.165) is 42.2 Å². The lowest BCUT2D eigenvalue weighted by Crippen LogP contribution is -2.47. The Balaban J connectivity index is 1.73. The molecule has 33 heavy (non-hydrogen) atoms. The third kappa shape index (κ3) is 6.95. The van der Waals surface area contributed by atoms with Crippen molar-refractivity contribution in [3.8, 4) is 6.07 Å². The minimum Gasteiger partial charge on any atom is -0.444 e. The fourth-order valence-electron chi connectivity index (χ4n) is 3.82. The molecule has 8 nitrogen and oxygen atoms in total. The average molecular weight is 472 g/mol. The van der Waals surface area contributed by atoms with Gasteiger partial charge < -0.3 is 24.3 Å². The number of anilines is 1. The van der Waals surface area contributed by atoms with Crippen LogP contribution in [0.25, 0.3) is 11.0 Å². The van der Waals surface area contributed by atoms with Crippen molar-refractivity contribution >= 4 is 30.9 Å². The van der Waals surface area contributed by atoms with Gasteiger partial charge in [-0.25, -0.2) is 9.78 Å². The summed E-state index contributed by atoms with van der Waals surface area (Å²) in [5.41, 5.74) is 1.51. The molecule has 0 aliphatic carbocycles. The molecule has 0 radical (unpaired) electrons. The Morgan fingerprint density at radius 2 is 2.12 bits per heavy atom. The highest BCUT2D eigenvalue weighted by atomic mass is 28.3. The van der Waals surface area contributed by atoms with Gasteiger partial charge in [-0.05, 0) is 45.7 Å². The summed E-state index contributed by atoms with van der Waals surface area (Å²) in [4.78, 5) is 18.8. The third-order valence-corrected chi connectivity index (χ3v) is 7.26. The van der Waals surface area contributed by atoms with E-state index in [2.05, 4.69) is 36.0 Å². The summed E-state index contributed by atoms with van der Waals surface area (Å²) < 4.78 is 13.4. The summed E-state index contributed by atoms with van der Waals surface area (Å²) in [5.74, 6) is 0. The molecule has 180 valence electrons. The number of hydrogen-bond acceptors (Lipinski definition) is 6. The van der Waals surface area contributed by atoms with Crippen LogP contribution >= 0.6 is 0 Å². The van der Waals surface area contributed by atoms with Crippen LogP contribution in [-0.4, -0.2) is 60.0 Å². The maximum absolute atomic E-state index is 12.5. The second kappa shape index (κ2) is 10.1. The molecular weight excluding hydrogens is 434 g/mol. The number of carbonyl (C=O) groups is 1. The molecule has 1 N–H and O–H groups in total. The molecule has 3 heterocycles. The largest absolute Gasteiger partial charge is 0.444 e. The van der Waals surface area contributed by atoms with Crippen LogP contribution in [0, 0.1) is 11.3 Å². The zero-order valence-electron chi connectivity index (χ0n) is 20.8. The number of rotatable bonds is 7. The van der Waals surface area contributed by atoms with E-state index in [9.17, 15) is 10.1 Å². The predicted octanol–water partition coefficient (Wildman–Crippen LogP) is 5.03. The number of nitrogens with one attached hydrogen (secondary N) is 1. The maximum atomic E-state index is 12.5. The van der Waals surface area contributed by atoms with Gasteiger partial charge in [0.1, 0.15) is 24.0 Å². The SMILES string of the molecule is CC(C)(C)OC(=O)N1CCCC(Nc2c(C#N)cnc3c2ccn3COCC[Si](C)(C)C)C1. The van der Waals surface area contributed by atoms with Crippen molar-refractivity contribution in [3.63, 3.8) is 0 Å². The number of ether oxygens (including phenoxy) is 2. The lowest BCUT2D eigenvalue weighted by molar-refractivity contribution is 0.0206. The van der Waals surface area contributed by atoms with E-state index in [4.69, 9.17) is 9.47 Å². The number of fused-ring (bicyclic) bond motifs is 1. The van der Waals surface area contributed by atoms with E-state index in [1.165, 1.54) is 0 Å². The molecule has 2 aromatic rings. The number of likely N-dealkylation sites (tertiary alicyclic amines) is 1. The van der Waals surface area contributed by atoms with Crippen LogP contribution in [0.4, 0.5) is 10.5 Å². The number of amides is 1. The topological polar surface area (TPSA) is 92.4 Å². The normalized spacial score (nSPS) is 17.1. The van der Waals surface area contributed by atoms with E-state index in [-0.39, 0.29) is 12.1 Å². The second-order valence-electron chi connectivity index (χ2n) is 10.9. The van der Waals surface area contributed by atoms with Crippen LogP contribution in [0.5, 0.6) is 0 Å². The molecule has 9 heteroatoms. The van der Waals surface area contributed by atoms with Gasteiger partial charge in [-0.15, -0.1) is 0 Å². The monoisotopic (exact) mass is 471 g/mol. The number of nitrogens with zero attached hydrogens (tertiary/aromatic N) is 4. The Bertz CT molecular complexity index is 1020. The number of aromatic nitrogens is 2. The Kier molecular flexibility index (Phi) is 7.70. The second-order valence-corrected chi connectivity index (χ2v) is 16.6. The smallest absolute Gasteiger partial charge is 0.410 e. The summed E-state index contributed by atoms with van der Waals surface area (Å²) in [7, 11) is -1.14. The summed E-state index contributed by atoms with van der Waals surface area (Å²) in [6, 6.07) is 5.37. The Morgan fingerprint density at radius 3 is 2.79 bits per heavy atom. The van der Waals surface area contributed by atoms with E-state index in [0.29, 0.717) is 25.4 Å². The van der Waals surface area contributed by atoms with Crippen LogP contribution in [0.2, 0.25) is 25.7 Å². The van der Waals surface area contributed by atoms with Gasteiger partial charge in [0, 0.05) is 51.6 Å². The molecule has 1 amide bonds. The van der Waals surface area contributed by atoms with Crippen molar-refractivity contribution in [1.82, 2.24) is 14.5 Å². The van der Waals surface area contributed by atoms with Gasteiger partial charge in [-0.2, -0.15) is 5.26 Å². The highest BCUT2D eigenvalue weighted by Gasteiger charge is 2.28. The zero-order valence-corrected chi connectivity index (χ0v) is 21.8. The molecule has 1 aliphatic rings. The number of nitriles is 1. The molecule has 1 fully saturated rings. The van der Waals surface area contributed by atoms with E-state index >= 15 is 0 Å². The number of hydrogen-bond donors (Lipinski definition) is 1. The first-order chi connectivity index (χ1) is 15.5. The van der Waals surface area contributed by atoms with Crippen molar-refractivity contribution < 1.29 is 14.3 Å². The Labute approximate surface area is 197 Å². The van der Waals surface area contributed by atoms with E-state index < -0.39 is 13.7 Å². The molecule has 1 atom stereocenters. The van der Waals surface area contributed by atoms with Gasteiger partial charge in [0.2, 0.25) is 0 Å². The molecule has 0 bridgehead atoms. The first-order valence-electron chi connectivity index (χ1n) is 11.7. The van der Waals surface area contributed by atoms with Crippen molar-refractivity contribution in [3.05, 3.63) is 24.0 Å². The van der Waals surface area contributed by atoms with Gasteiger partial charge >= 0.3 is 6.09 Å². The average Bonchev–Trinajstić information content (AvgIpc) is 3.13. The minimum absolute atomic E-state index is 0.0281. The lowest BCUT2D eigenvalue weighted by Gasteiger charge is -2.35. The van der Waals surface area contributed by atoms with Crippen molar-refractivity contribution in [2.24, 2.45) is 0 Å². The summed E-state index contributed by atoms with van der Waals surface area (Å²) >= 11 is 0. The Hall–Kier alpha value is -2.57. The number of carbonyl (C=O) groups excluding carboxylic acids is 1. The molecule has 0 aromatic carbocycles. The van der Waals surface area contributed by atoms with Crippen molar-refractivity contribution in [2.75, 3.05) is 25.0 Å².